The lowest BCUT2D eigenvalue weighted by Crippen LogP contribution is -2.17. The van der Waals surface area contributed by atoms with E-state index in [0.29, 0.717) is 22.0 Å². The van der Waals surface area contributed by atoms with Crippen LogP contribution in [0.15, 0.2) is 27.6 Å². The van der Waals surface area contributed by atoms with Crippen LogP contribution in [0, 0.1) is 19.8 Å². The Labute approximate surface area is 154 Å². The number of hydrogen-bond donors (Lipinski definition) is 2. The maximum absolute atomic E-state index is 12.6. The molecular weight excluding hydrogens is 376 g/mol. The third-order valence-corrected chi connectivity index (χ3v) is 6.21. The standard InChI is InChI=1S/C16H18N4O4S2/c1-8(2)15(21)18-16-17-12-7-11(5-6-13(12)25-16)20-26(22,23)14-9(3)19-24-10(14)4/h5-8,20H,1-4H3,(H,17,18,21). The molecule has 0 saturated carbocycles. The second-order valence-electron chi connectivity index (χ2n) is 6.10. The van der Waals surface area contributed by atoms with Crippen molar-refractivity contribution in [2.45, 2.75) is 32.6 Å². The highest BCUT2D eigenvalue weighted by atomic mass is 32.2. The molecule has 0 radical (unpaired) electrons. The SMILES string of the molecule is Cc1noc(C)c1S(=O)(=O)Nc1ccc2sc(NC(=O)C(C)C)nc2c1. The van der Waals surface area contributed by atoms with E-state index in [1.807, 2.05) is 0 Å². The van der Waals surface area contributed by atoms with Gasteiger partial charge in [-0.15, -0.1) is 0 Å². The Morgan fingerprint density at radius 3 is 2.62 bits per heavy atom. The van der Waals surface area contributed by atoms with E-state index < -0.39 is 10.0 Å². The number of carbonyl (C=O) groups excluding carboxylic acids is 1. The maximum atomic E-state index is 12.6. The van der Waals surface area contributed by atoms with E-state index in [1.54, 1.807) is 45.9 Å². The minimum Gasteiger partial charge on any atom is -0.360 e. The van der Waals surface area contributed by atoms with Gasteiger partial charge in [-0.05, 0) is 32.0 Å². The van der Waals surface area contributed by atoms with Crippen LogP contribution in [0.25, 0.3) is 10.2 Å². The van der Waals surface area contributed by atoms with E-state index >= 15 is 0 Å². The van der Waals surface area contributed by atoms with Crippen LogP contribution in [0.3, 0.4) is 0 Å². The zero-order valence-electron chi connectivity index (χ0n) is 14.7. The first-order valence-corrected chi connectivity index (χ1v) is 10.1. The fourth-order valence-corrected chi connectivity index (χ4v) is 4.59. The van der Waals surface area contributed by atoms with Crippen LogP contribution in [-0.4, -0.2) is 24.5 Å². The lowest BCUT2D eigenvalue weighted by atomic mass is 10.2. The van der Waals surface area contributed by atoms with Gasteiger partial charge in [-0.25, -0.2) is 13.4 Å². The molecule has 8 nitrogen and oxygen atoms in total. The minimum absolute atomic E-state index is 0.0285. The highest BCUT2D eigenvalue weighted by Gasteiger charge is 2.24. The summed E-state index contributed by atoms with van der Waals surface area (Å²) in [5, 5.41) is 6.90. The lowest BCUT2D eigenvalue weighted by Gasteiger charge is -2.07. The predicted octanol–water partition coefficient (Wildman–Crippen LogP) is 3.30. The Balaban J connectivity index is 1.89. The van der Waals surface area contributed by atoms with Crippen molar-refractivity contribution >= 4 is 48.3 Å². The summed E-state index contributed by atoms with van der Waals surface area (Å²) in [4.78, 5) is 16.2. The Kier molecular flexibility index (Phi) is 4.72. The van der Waals surface area contributed by atoms with E-state index in [4.69, 9.17) is 4.52 Å². The number of rotatable bonds is 5. The molecule has 0 bridgehead atoms. The first-order chi connectivity index (χ1) is 12.2. The van der Waals surface area contributed by atoms with Gasteiger partial charge in [0, 0.05) is 5.92 Å². The third kappa shape index (κ3) is 3.56. The van der Waals surface area contributed by atoms with Gasteiger partial charge in [0.1, 0.15) is 5.69 Å². The number of thiazole rings is 1. The van der Waals surface area contributed by atoms with Crippen molar-refractivity contribution in [2.75, 3.05) is 10.0 Å². The topological polar surface area (TPSA) is 114 Å². The molecular formula is C16H18N4O4S2. The number of nitrogens with zero attached hydrogens (tertiary/aromatic N) is 2. The molecule has 2 heterocycles. The Hall–Kier alpha value is -2.46. The van der Waals surface area contributed by atoms with Gasteiger partial charge in [0.2, 0.25) is 5.91 Å². The zero-order chi connectivity index (χ0) is 19.1. The average molecular weight is 394 g/mol. The Morgan fingerprint density at radius 2 is 2.00 bits per heavy atom. The molecule has 10 heteroatoms. The van der Waals surface area contributed by atoms with Crippen LogP contribution >= 0.6 is 11.3 Å². The summed E-state index contributed by atoms with van der Waals surface area (Å²) in [6.45, 7) is 6.70. The van der Waals surface area contributed by atoms with Crippen LogP contribution in [0.2, 0.25) is 0 Å². The van der Waals surface area contributed by atoms with Gasteiger partial charge < -0.3 is 9.84 Å². The molecule has 138 valence electrons. The van der Waals surface area contributed by atoms with Crippen molar-refractivity contribution < 1.29 is 17.7 Å². The Morgan fingerprint density at radius 1 is 1.27 bits per heavy atom. The number of aryl methyl sites for hydroxylation is 2. The molecule has 0 atom stereocenters. The van der Waals surface area contributed by atoms with Crippen molar-refractivity contribution in [3.8, 4) is 0 Å². The van der Waals surface area contributed by atoms with Crippen molar-refractivity contribution in [3.05, 3.63) is 29.7 Å². The highest BCUT2D eigenvalue weighted by molar-refractivity contribution is 7.92. The normalized spacial score (nSPS) is 11.9. The summed E-state index contributed by atoms with van der Waals surface area (Å²) in [6.07, 6.45) is 0. The number of hydrogen-bond acceptors (Lipinski definition) is 7. The van der Waals surface area contributed by atoms with Crippen molar-refractivity contribution in [3.63, 3.8) is 0 Å². The number of fused-ring (bicyclic) bond motifs is 1. The minimum atomic E-state index is -3.82. The first kappa shape index (κ1) is 18.3. The van der Waals surface area contributed by atoms with Crippen molar-refractivity contribution in [1.82, 2.24) is 10.1 Å². The molecule has 0 aliphatic carbocycles. The molecule has 1 amide bonds. The van der Waals surface area contributed by atoms with Gasteiger partial charge in [-0.1, -0.05) is 30.3 Å². The van der Waals surface area contributed by atoms with E-state index in [2.05, 4.69) is 20.2 Å². The molecule has 26 heavy (non-hydrogen) atoms. The fourth-order valence-electron chi connectivity index (χ4n) is 2.36. The number of carbonyl (C=O) groups is 1. The molecule has 0 unspecified atom stereocenters. The first-order valence-electron chi connectivity index (χ1n) is 7.84. The summed E-state index contributed by atoms with van der Waals surface area (Å²) >= 11 is 1.33. The summed E-state index contributed by atoms with van der Waals surface area (Å²) in [6, 6.07) is 5.01. The molecule has 1 aromatic carbocycles. The summed E-state index contributed by atoms with van der Waals surface area (Å²) in [7, 11) is -3.82. The van der Waals surface area contributed by atoms with Crippen LogP contribution in [0.1, 0.15) is 25.3 Å². The van der Waals surface area contributed by atoms with Gasteiger partial charge in [0.25, 0.3) is 10.0 Å². The smallest absolute Gasteiger partial charge is 0.267 e. The zero-order valence-corrected chi connectivity index (χ0v) is 16.3. The van der Waals surface area contributed by atoms with Crippen LogP contribution < -0.4 is 10.0 Å². The van der Waals surface area contributed by atoms with Crippen LogP contribution in [0.5, 0.6) is 0 Å². The number of amides is 1. The van der Waals surface area contributed by atoms with Crippen molar-refractivity contribution in [2.24, 2.45) is 5.92 Å². The lowest BCUT2D eigenvalue weighted by molar-refractivity contribution is -0.118. The molecule has 0 aliphatic heterocycles. The number of aromatic nitrogens is 2. The highest BCUT2D eigenvalue weighted by Crippen LogP contribution is 2.30. The number of anilines is 2. The monoisotopic (exact) mass is 394 g/mol. The summed E-state index contributed by atoms with van der Waals surface area (Å²) in [5.41, 5.74) is 1.25. The number of nitrogens with one attached hydrogen (secondary N) is 2. The van der Waals surface area contributed by atoms with E-state index in [1.165, 1.54) is 11.3 Å². The van der Waals surface area contributed by atoms with Gasteiger partial charge in [-0.3, -0.25) is 9.52 Å². The number of benzene rings is 1. The fraction of sp³-hybridized carbons (Fsp3) is 0.312. The van der Waals surface area contributed by atoms with Crippen molar-refractivity contribution in [1.29, 1.82) is 0 Å². The van der Waals surface area contributed by atoms with Gasteiger partial charge in [-0.2, -0.15) is 0 Å². The molecule has 3 aromatic rings. The maximum Gasteiger partial charge on any atom is 0.267 e. The second-order valence-corrected chi connectivity index (χ2v) is 8.75. The van der Waals surface area contributed by atoms with E-state index in [-0.39, 0.29) is 22.5 Å². The van der Waals surface area contributed by atoms with Crippen LogP contribution in [0.4, 0.5) is 10.8 Å². The summed E-state index contributed by atoms with van der Waals surface area (Å²) in [5.74, 6) is -0.0498. The van der Waals surface area contributed by atoms with Gasteiger partial charge in [0.05, 0.1) is 15.9 Å². The van der Waals surface area contributed by atoms with Crippen LogP contribution in [-0.2, 0) is 14.8 Å². The van der Waals surface area contributed by atoms with Gasteiger partial charge >= 0.3 is 0 Å². The second kappa shape index (κ2) is 6.69. The average Bonchev–Trinajstić information content (AvgIpc) is 3.09. The molecule has 0 aliphatic rings. The molecule has 0 spiro atoms. The van der Waals surface area contributed by atoms with Gasteiger partial charge in [0.15, 0.2) is 15.8 Å². The Bertz CT molecular complexity index is 1060. The molecule has 0 saturated heterocycles. The summed E-state index contributed by atoms with van der Waals surface area (Å²) < 4.78 is 33.4. The van der Waals surface area contributed by atoms with E-state index in [9.17, 15) is 13.2 Å². The third-order valence-electron chi connectivity index (χ3n) is 3.63. The number of sulfonamides is 1. The molecule has 3 rings (SSSR count). The predicted molar refractivity (Wildman–Crippen MR) is 99.9 cm³/mol. The molecule has 2 aromatic heterocycles. The quantitative estimate of drug-likeness (QED) is 0.686. The molecule has 0 fully saturated rings. The molecule has 2 N–H and O–H groups in total. The van der Waals surface area contributed by atoms with E-state index in [0.717, 1.165) is 4.70 Å². The largest absolute Gasteiger partial charge is 0.360 e.